The van der Waals surface area contributed by atoms with Gasteiger partial charge in [0.25, 0.3) is 0 Å². The molecule has 17 heavy (non-hydrogen) atoms. The van der Waals surface area contributed by atoms with Crippen LogP contribution in [0, 0.1) is 19.7 Å². The molecule has 86 valence electrons. The normalized spacial score (nSPS) is 13.1. The van der Waals surface area contributed by atoms with Gasteiger partial charge in [-0.05, 0) is 55.0 Å². The van der Waals surface area contributed by atoms with Crippen molar-refractivity contribution in [2.75, 3.05) is 0 Å². The van der Waals surface area contributed by atoms with E-state index >= 15 is 0 Å². The Hall–Kier alpha value is -1.63. The highest BCUT2D eigenvalue weighted by Crippen LogP contribution is 2.36. The minimum Gasteiger partial charge on any atom is -0.206 e. The van der Waals surface area contributed by atoms with Crippen LogP contribution >= 0.6 is 0 Å². The zero-order valence-corrected chi connectivity index (χ0v) is 10.2. The largest absolute Gasteiger partial charge is 0.206 e. The molecule has 0 aliphatic heterocycles. The van der Waals surface area contributed by atoms with E-state index in [0.717, 1.165) is 35.1 Å². The SMILES string of the molecule is Cc1ccc2c(c1)CCc1cc(C)cc(F)c1-2. The third kappa shape index (κ3) is 1.66. The number of fused-ring (bicyclic) bond motifs is 3. The van der Waals surface area contributed by atoms with Crippen molar-refractivity contribution in [1.82, 2.24) is 0 Å². The minimum absolute atomic E-state index is 0.0789. The first kappa shape index (κ1) is 10.5. The maximum Gasteiger partial charge on any atom is 0.131 e. The van der Waals surface area contributed by atoms with E-state index < -0.39 is 0 Å². The molecule has 0 bridgehead atoms. The average molecular weight is 226 g/mol. The first-order chi connectivity index (χ1) is 8.15. The number of hydrogen-bond donors (Lipinski definition) is 0. The monoisotopic (exact) mass is 226 g/mol. The zero-order valence-electron chi connectivity index (χ0n) is 10.2. The number of halogens is 1. The molecule has 0 saturated carbocycles. The van der Waals surface area contributed by atoms with Gasteiger partial charge < -0.3 is 0 Å². The highest BCUT2D eigenvalue weighted by atomic mass is 19.1. The number of rotatable bonds is 0. The van der Waals surface area contributed by atoms with Gasteiger partial charge in [-0.2, -0.15) is 0 Å². The van der Waals surface area contributed by atoms with Gasteiger partial charge in [-0.15, -0.1) is 0 Å². The van der Waals surface area contributed by atoms with Crippen molar-refractivity contribution in [3.05, 3.63) is 58.4 Å². The van der Waals surface area contributed by atoms with Crippen molar-refractivity contribution < 1.29 is 4.39 Å². The van der Waals surface area contributed by atoms with Gasteiger partial charge in [0.2, 0.25) is 0 Å². The molecule has 0 N–H and O–H groups in total. The highest BCUT2D eigenvalue weighted by molar-refractivity contribution is 5.74. The predicted molar refractivity (Wildman–Crippen MR) is 68.7 cm³/mol. The summed E-state index contributed by atoms with van der Waals surface area (Å²) in [5, 5.41) is 0. The van der Waals surface area contributed by atoms with Crippen molar-refractivity contribution in [1.29, 1.82) is 0 Å². The molecule has 0 spiro atoms. The standard InChI is InChI=1S/C16H15F/c1-10-3-6-14-12(7-10)4-5-13-8-11(2)9-15(17)16(13)14/h3,6-9H,4-5H2,1-2H3. The summed E-state index contributed by atoms with van der Waals surface area (Å²) >= 11 is 0. The van der Waals surface area contributed by atoms with Crippen LogP contribution in [0.5, 0.6) is 0 Å². The smallest absolute Gasteiger partial charge is 0.131 e. The number of aryl methyl sites for hydroxylation is 4. The van der Waals surface area contributed by atoms with Crippen molar-refractivity contribution in [2.45, 2.75) is 26.7 Å². The van der Waals surface area contributed by atoms with E-state index in [0.29, 0.717) is 0 Å². The molecule has 0 saturated heterocycles. The molecule has 0 fully saturated rings. The van der Waals surface area contributed by atoms with Crippen LogP contribution in [0.3, 0.4) is 0 Å². The lowest BCUT2D eigenvalue weighted by Gasteiger charge is -2.21. The summed E-state index contributed by atoms with van der Waals surface area (Å²) in [6.07, 6.45) is 1.97. The first-order valence-electron chi connectivity index (χ1n) is 6.04. The maximum atomic E-state index is 14.1. The third-order valence-electron chi connectivity index (χ3n) is 3.51. The molecular formula is C16H15F. The van der Waals surface area contributed by atoms with E-state index in [2.05, 4.69) is 31.2 Å². The van der Waals surface area contributed by atoms with Crippen LogP contribution in [-0.2, 0) is 12.8 Å². The lowest BCUT2D eigenvalue weighted by Crippen LogP contribution is -2.06. The van der Waals surface area contributed by atoms with E-state index in [9.17, 15) is 4.39 Å². The van der Waals surface area contributed by atoms with E-state index in [1.807, 2.05) is 6.92 Å². The topological polar surface area (TPSA) is 0 Å². The zero-order chi connectivity index (χ0) is 12.0. The van der Waals surface area contributed by atoms with E-state index in [1.165, 1.54) is 11.1 Å². The highest BCUT2D eigenvalue weighted by Gasteiger charge is 2.19. The predicted octanol–water partition coefficient (Wildman–Crippen LogP) is 4.21. The lowest BCUT2D eigenvalue weighted by atomic mass is 9.84. The van der Waals surface area contributed by atoms with Crippen LogP contribution in [0.2, 0.25) is 0 Å². The third-order valence-corrected chi connectivity index (χ3v) is 3.51. The van der Waals surface area contributed by atoms with Crippen LogP contribution in [0.25, 0.3) is 11.1 Å². The van der Waals surface area contributed by atoms with Crippen molar-refractivity contribution in [2.24, 2.45) is 0 Å². The second-order valence-corrected chi connectivity index (χ2v) is 4.94. The van der Waals surface area contributed by atoms with Crippen molar-refractivity contribution in [3.8, 4) is 11.1 Å². The second kappa shape index (κ2) is 3.69. The molecule has 0 heterocycles. The maximum absolute atomic E-state index is 14.1. The quantitative estimate of drug-likeness (QED) is 0.631. The molecule has 0 aromatic heterocycles. The summed E-state index contributed by atoms with van der Waals surface area (Å²) in [5.41, 5.74) is 6.59. The molecule has 0 unspecified atom stereocenters. The van der Waals surface area contributed by atoms with Crippen LogP contribution in [-0.4, -0.2) is 0 Å². The van der Waals surface area contributed by atoms with Gasteiger partial charge in [0.15, 0.2) is 0 Å². The Labute approximate surface area is 101 Å². The van der Waals surface area contributed by atoms with Gasteiger partial charge >= 0.3 is 0 Å². The molecule has 2 aromatic carbocycles. The molecule has 0 nitrogen and oxygen atoms in total. The van der Waals surface area contributed by atoms with Gasteiger partial charge in [0.1, 0.15) is 5.82 Å². The fraction of sp³-hybridized carbons (Fsp3) is 0.250. The molecule has 1 heteroatoms. The van der Waals surface area contributed by atoms with E-state index in [-0.39, 0.29) is 5.82 Å². The van der Waals surface area contributed by atoms with Gasteiger partial charge in [-0.1, -0.05) is 29.8 Å². The number of benzene rings is 2. The first-order valence-corrected chi connectivity index (χ1v) is 6.04. The summed E-state index contributed by atoms with van der Waals surface area (Å²) in [6.45, 7) is 4.04. The van der Waals surface area contributed by atoms with Crippen LogP contribution in [0.15, 0.2) is 30.3 Å². The minimum atomic E-state index is -0.0789. The number of hydrogen-bond acceptors (Lipinski definition) is 0. The fourth-order valence-electron chi connectivity index (χ4n) is 2.76. The summed E-state index contributed by atoms with van der Waals surface area (Å²) in [4.78, 5) is 0. The van der Waals surface area contributed by atoms with E-state index in [1.54, 1.807) is 6.07 Å². The fourth-order valence-corrected chi connectivity index (χ4v) is 2.76. The summed E-state index contributed by atoms with van der Waals surface area (Å²) in [5.74, 6) is -0.0789. The summed E-state index contributed by atoms with van der Waals surface area (Å²) < 4.78 is 14.1. The van der Waals surface area contributed by atoms with Crippen LogP contribution in [0.1, 0.15) is 22.3 Å². The molecule has 0 amide bonds. The van der Waals surface area contributed by atoms with Crippen LogP contribution in [0.4, 0.5) is 4.39 Å². The van der Waals surface area contributed by atoms with Gasteiger partial charge in [-0.3, -0.25) is 0 Å². The molecule has 3 rings (SSSR count). The Morgan fingerprint density at radius 2 is 1.59 bits per heavy atom. The van der Waals surface area contributed by atoms with Gasteiger partial charge in [0, 0.05) is 5.56 Å². The van der Waals surface area contributed by atoms with Crippen molar-refractivity contribution >= 4 is 0 Å². The molecule has 1 aliphatic rings. The molecule has 0 atom stereocenters. The Bertz CT molecular complexity index is 597. The Kier molecular flexibility index (Phi) is 2.29. The summed E-state index contributed by atoms with van der Waals surface area (Å²) in [6, 6.07) is 10.0. The molecule has 1 aliphatic carbocycles. The summed E-state index contributed by atoms with van der Waals surface area (Å²) in [7, 11) is 0. The Balaban J connectivity index is 2.29. The molecular weight excluding hydrogens is 211 g/mol. The Morgan fingerprint density at radius 1 is 0.882 bits per heavy atom. The molecule has 2 aromatic rings. The lowest BCUT2D eigenvalue weighted by molar-refractivity contribution is 0.626. The van der Waals surface area contributed by atoms with Gasteiger partial charge in [0.05, 0.1) is 0 Å². The second-order valence-electron chi connectivity index (χ2n) is 4.94. The van der Waals surface area contributed by atoms with Gasteiger partial charge in [-0.25, -0.2) is 4.39 Å². The average Bonchev–Trinajstić information content (AvgIpc) is 2.28. The van der Waals surface area contributed by atoms with Crippen molar-refractivity contribution in [3.63, 3.8) is 0 Å². The van der Waals surface area contributed by atoms with E-state index in [4.69, 9.17) is 0 Å². The molecule has 0 radical (unpaired) electrons. The van der Waals surface area contributed by atoms with Crippen LogP contribution < -0.4 is 0 Å². The Morgan fingerprint density at radius 3 is 2.41 bits per heavy atom.